The van der Waals surface area contributed by atoms with Gasteiger partial charge in [0.05, 0.1) is 5.41 Å². The van der Waals surface area contributed by atoms with Gasteiger partial charge in [0.25, 0.3) is 0 Å². The van der Waals surface area contributed by atoms with E-state index in [1.807, 2.05) is 31.2 Å². The molecule has 4 rings (SSSR count). The highest BCUT2D eigenvalue weighted by Crippen LogP contribution is 2.41. The Morgan fingerprint density at radius 1 is 1.20 bits per heavy atom. The fourth-order valence-corrected chi connectivity index (χ4v) is 4.15. The first kappa shape index (κ1) is 16.2. The van der Waals surface area contributed by atoms with Crippen molar-refractivity contribution in [1.29, 1.82) is 0 Å². The van der Waals surface area contributed by atoms with Crippen molar-refractivity contribution in [3.8, 4) is 0 Å². The van der Waals surface area contributed by atoms with E-state index in [1.165, 1.54) is 11.1 Å². The summed E-state index contributed by atoms with van der Waals surface area (Å²) < 4.78 is 0. The molecule has 3 unspecified atom stereocenters. The quantitative estimate of drug-likeness (QED) is 0.886. The van der Waals surface area contributed by atoms with Crippen LogP contribution in [0.2, 0.25) is 0 Å². The summed E-state index contributed by atoms with van der Waals surface area (Å²) in [6.07, 6.45) is 0.950. The van der Waals surface area contributed by atoms with Crippen LogP contribution >= 0.6 is 0 Å². The van der Waals surface area contributed by atoms with E-state index in [-0.39, 0.29) is 18.1 Å². The molecule has 0 aliphatic carbocycles. The molecule has 0 saturated heterocycles. The second-order valence-electron chi connectivity index (χ2n) is 7.42. The van der Waals surface area contributed by atoms with Crippen molar-refractivity contribution in [3.05, 3.63) is 65.2 Å². The summed E-state index contributed by atoms with van der Waals surface area (Å²) in [7, 11) is 2.08. The van der Waals surface area contributed by atoms with Gasteiger partial charge in [0, 0.05) is 18.3 Å². The van der Waals surface area contributed by atoms with Crippen molar-refractivity contribution in [2.45, 2.75) is 37.9 Å². The molecule has 1 amide bonds. The van der Waals surface area contributed by atoms with Gasteiger partial charge < -0.3 is 10.6 Å². The second kappa shape index (κ2) is 5.88. The van der Waals surface area contributed by atoms with E-state index in [0.29, 0.717) is 0 Å². The number of benzene rings is 2. The van der Waals surface area contributed by atoms with E-state index >= 15 is 0 Å². The molecule has 0 aromatic heterocycles. The van der Waals surface area contributed by atoms with Crippen LogP contribution in [0.5, 0.6) is 0 Å². The normalized spacial score (nSPS) is 28.0. The smallest absolute Gasteiger partial charge is 0.234 e. The zero-order chi connectivity index (χ0) is 17.6. The standard InChI is InChI=1S/C21H25N3O/c1-14-21(2,17-10-6-7-11-18(17)22-14)20(25)23-19-16-9-5-4-8-15(16)12-13-24(19)3/h4-11,14,19,22H,12-13H2,1-3H3,(H,23,25). The predicted octanol–water partition coefficient (Wildman–Crippen LogP) is 3.06. The molecular weight excluding hydrogens is 310 g/mol. The Hall–Kier alpha value is -2.33. The summed E-state index contributed by atoms with van der Waals surface area (Å²) in [4.78, 5) is 15.6. The summed E-state index contributed by atoms with van der Waals surface area (Å²) in [5.74, 6) is 0.0750. The Morgan fingerprint density at radius 3 is 2.76 bits per heavy atom. The van der Waals surface area contributed by atoms with Gasteiger partial charge in [0.2, 0.25) is 5.91 Å². The maximum Gasteiger partial charge on any atom is 0.234 e. The summed E-state index contributed by atoms with van der Waals surface area (Å²) in [5.41, 5.74) is 4.09. The van der Waals surface area contributed by atoms with Crippen LogP contribution in [0.25, 0.3) is 0 Å². The molecule has 2 heterocycles. The third-order valence-electron chi connectivity index (χ3n) is 5.99. The minimum Gasteiger partial charge on any atom is -0.381 e. The zero-order valence-electron chi connectivity index (χ0n) is 15.0. The Morgan fingerprint density at radius 2 is 1.92 bits per heavy atom. The van der Waals surface area contributed by atoms with Crippen molar-refractivity contribution < 1.29 is 4.79 Å². The number of likely N-dealkylation sites (N-methyl/N-ethyl adjacent to an activating group) is 1. The van der Waals surface area contributed by atoms with Gasteiger partial charge in [-0.3, -0.25) is 9.69 Å². The molecule has 3 atom stereocenters. The molecule has 4 heteroatoms. The van der Waals surface area contributed by atoms with E-state index in [9.17, 15) is 4.79 Å². The Balaban J connectivity index is 1.67. The first-order valence-electron chi connectivity index (χ1n) is 8.97. The molecule has 0 bridgehead atoms. The first-order chi connectivity index (χ1) is 12.0. The van der Waals surface area contributed by atoms with Gasteiger partial charge in [-0.25, -0.2) is 0 Å². The van der Waals surface area contributed by atoms with Crippen molar-refractivity contribution in [2.75, 3.05) is 18.9 Å². The van der Waals surface area contributed by atoms with Gasteiger partial charge in [0.15, 0.2) is 0 Å². The number of nitrogens with one attached hydrogen (secondary N) is 2. The number of anilines is 1. The SMILES string of the molecule is CC1Nc2ccccc2C1(C)C(=O)NC1c2ccccc2CCN1C. The number of rotatable bonds is 2. The molecular formula is C21H25N3O. The number of carbonyl (C=O) groups is 1. The second-order valence-corrected chi connectivity index (χ2v) is 7.42. The van der Waals surface area contributed by atoms with Crippen molar-refractivity contribution in [3.63, 3.8) is 0 Å². The minimum absolute atomic E-state index is 0.0500. The third kappa shape index (κ3) is 2.44. The van der Waals surface area contributed by atoms with Gasteiger partial charge in [0.1, 0.15) is 6.17 Å². The molecule has 2 aromatic carbocycles. The lowest BCUT2D eigenvalue weighted by Crippen LogP contribution is -2.52. The van der Waals surface area contributed by atoms with Crippen LogP contribution in [-0.2, 0) is 16.6 Å². The van der Waals surface area contributed by atoms with Crippen LogP contribution in [0, 0.1) is 0 Å². The highest BCUT2D eigenvalue weighted by Gasteiger charge is 2.47. The predicted molar refractivity (Wildman–Crippen MR) is 101 cm³/mol. The lowest BCUT2D eigenvalue weighted by atomic mass is 9.78. The van der Waals surface area contributed by atoms with Crippen LogP contribution in [-0.4, -0.2) is 30.4 Å². The van der Waals surface area contributed by atoms with Gasteiger partial charge >= 0.3 is 0 Å². The number of nitrogens with zero attached hydrogens (tertiary/aromatic N) is 1. The number of fused-ring (bicyclic) bond motifs is 2. The zero-order valence-corrected chi connectivity index (χ0v) is 15.0. The van der Waals surface area contributed by atoms with Gasteiger partial charge in [-0.15, -0.1) is 0 Å². The summed E-state index contributed by atoms with van der Waals surface area (Å²) in [6.45, 7) is 5.07. The van der Waals surface area contributed by atoms with Gasteiger partial charge in [-0.05, 0) is 50.1 Å². The molecule has 0 saturated carbocycles. The van der Waals surface area contributed by atoms with Crippen LogP contribution in [0.3, 0.4) is 0 Å². The number of hydrogen-bond acceptors (Lipinski definition) is 3. The minimum atomic E-state index is -0.580. The highest BCUT2D eigenvalue weighted by atomic mass is 16.2. The lowest BCUT2D eigenvalue weighted by molar-refractivity contribution is -0.128. The molecule has 130 valence electrons. The number of carbonyl (C=O) groups excluding carboxylic acids is 1. The fourth-order valence-electron chi connectivity index (χ4n) is 4.15. The number of hydrogen-bond donors (Lipinski definition) is 2. The monoisotopic (exact) mass is 335 g/mol. The molecule has 0 radical (unpaired) electrons. The Labute approximate surface area is 149 Å². The molecule has 4 nitrogen and oxygen atoms in total. The summed E-state index contributed by atoms with van der Waals surface area (Å²) >= 11 is 0. The van der Waals surface area contributed by atoms with Crippen molar-refractivity contribution in [2.24, 2.45) is 0 Å². The average molecular weight is 335 g/mol. The van der Waals surface area contributed by atoms with Crippen LogP contribution in [0.4, 0.5) is 5.69 Å². The van der Waals surface area contributed by atoms with E-state index in [4.69, 9.17) is 0 Å². The van der Waals surface area contributed by atoms with E-state index < -0.39 is 5.41 Å². The Kier molecular flexibility index (Phi) is 3.80. The molecule has 2 N–H and O–H groups in total. The van der Waals surface area contributed by atoms with Crippen molar-refractivity contribution >= 4 is 11.6 Å². The molecule has 2 aliphatic heterocycles. The van der Waals surface area contributed by atoms with Crippen LogP contribution < -0.4 is 10.6 Å². The van der Waals surface area contributed by atoms with E-state index in [0.717, 1.165) is 24.2 Å². The Bertz CT molecular complexity index is 818. The topological polar surface area (TPSA) is 44.4 Å². The summed E-state index contributed by atoms with van der Waals surface area (Å²) in [5, 5.41) is 6.79. The number of amides is 1. The van der Waals surface area contributed by atoms with Gasteiger partial charge in [-0.2, -0.15) is 0 Å². The largest absolute Gasteiger partial charge is 0.381 e. The lowest BCUT2D eigenvalue weighted by Gasteiger charge is -2.38. The first-order valence-corrected chi connectivity index (χ1v) is 8.97. The molecule has 2 aliphatic rings. The van der Waals surface area contributed by atoms with E-state index in [1.54, 1.807) is 0 Å². The summed E-state index contributed by atoms with van der Waals surface area (Å²) in [6, 6.07) is 16.6. The maximum absolute atomic E-state index is 13.4. The van der Waals surface area contributed by atoms with Crippen LogP contribution in [0.15, 0.2) is 48.5 Å². The molecule has 2 aromatic rings. The molecule has 0 fully saturated rings. The highest BCUT2D eigenvalue weighted by molar-refractivity contribution is 5.93. The average Bonchev–Trinajstić information content (AvgIpc) is 2.89. The maximum atomic E-state index is 13.4. The van der Waals surface area contributed by atoms with Crippen LogP contribution in [0.1, 0.15) is 36.7 Å². The van der Waals surface area contributed by atoms with Crippen molar-refractivity contribution in [1.82, 2.24) is 10.2 Å². The third-order valence-corrected chi connectivity index (χ3v) is 5.99. The number of para-hydroxylation sites is 1. The van der Waals surface area contributed by atoms with E-state index in [2.05, 4.69) is 53.8 Å². The molecule has 25 heavy (non-hydrogen) atoms. The van der Waals surface area contributed by atoms with Gasteiger partial charge in [-0.1, -0.05) is 42.5 Å². The fraction of sp³-hybridized carbons (Fsp3) is 0.381. The molecule has 0 spiro atoms.